The monoisotopic (exact) mass is 267 g/mol. The van der Waals surface area contributed by atoms with E-state index < -0.39 is 0 Å². The molecule has 1 aromatic heterocycles. The highest BCUT2D eigenvalue weighted by Gasteiger charge is 2.30. The highest BCUT2D eigenvalue weighted by atomic mass is 16.3. The van der Waals surface area contributed by atoms with E-state index in [1.54, 1.807) is 6.26 Å². The van der Waals surface area contributed by atoms with Crippen LogP contribution in [-0.4, -0.2) is 6.04 Å². The number of nitrogens with two attached hydrogens (primary N) is 1. The van der Waals surface area contributed by atoms with Crippen molar-refractivity contribution in [3.63, 3.8) is 0 Å². The molecule has 0 aliphatic heterocycles. The van der Waals surface area contributed by atoms with E-state index >= 15 is 0 Å². The zero-order chi connectivity index (χ0) is 13.9. The number of anilines is 2. The van der Waals surface area contributed by atoms with Gasteiger partial charge < -0.3 is 15.1 Å². The van der Waals surface area contributed by atoms with Crippen LogP contribution in [0.4, 0.5) is 11.4 Å². The Bertz CT molecular complexity index is 624. The summed E-state index contributed by atoms with van der Waals surface area (Å²) in [7, 11) is 0. The Kier molecular flexibility index (Phi) is 3.34. The Morgan fingerprint density at radius 1 is 1.35 bits per heavy atom. The average molecular weight is 267 g/mol. The number of rotatable bonds is 5. The van der Waals surface area contributed by atoms with Gasteiger partial charge in [0.15, 0.2) is 0 Å². The fraction of sp³-hybridized carbons (Fsp3) is 0.312. The summed E-state index contributed by atoms with van der Waals surface area (Å²) >= 11 is 0. The SMILES string of the molecule is N#CCc1cc(N(Cc2ccco2)C2CC2)ccc1N. The van der Waals surface area contributed by atoms with Crippen LogP contribution >= 0.6 is 0 Å². The molecule has 1 aliphatic rings. The summed E-state index contributed by atoms with van der Waals surface area (Å²) in [6.07, 6.45) is 4.46. The van der Waals surface area contributed by atoms with Gasteiger partial charge in [0.05, 0.1) is 25.3 Å². The maximum Gasteiger partial charge on any atom is 0.123 e. The van der Waals surface area contributed by atoms with Gasteiger partial charge in [-0.1, -0.05) is 0 Å². The predicted octanol–water partition coefficient (Wildman–Crippen LogP) is 3.10. The summed E-state index contributed by atoms with van der Waals surface area (Å²) in [6.45, 7) is 0.758. The first-order valence-corrected chi connectivity index (χ1v) is 6.82. The van der Waals surface area contributed by atoms with E-state index in [-0.39, 0.29) is 0 Å². The van der Waals surface area contributed by atoms with Crippen molar-refractivity contribution in [1.82, 2.24) is 0 Å². The van der Waals surface area contributed by atoms with Crippen molar-refractivity contribution in [2.75, 3.05) is 10.6 Å². The lowest BCUT2D eigenvalue weighted by atomic mass is 10.1. The number of hydrogen-bond donors (Lipinski definition) is 1. The molecule has 1 saturated carbocycles. The van der Waals surface area contributed by atoms with Gasteiger partial charge in [-0.15, -0.1) is 0 Å². The largest absolute Gasteiger partial charge is 0.467 e. The molecule has 0 spiro atoms. The minimum absolute atomic E-state index is 0.346. The zero-order valence-electron chi connectivity index (χ0n) is 11.2. The van der Waals surface area contributed by atoms with Crippen molar-refractivity contribution < 1.29 is 4.42 Å². The van der Waals surface area contributed by atoms with E-state index in [0.29, 0.717) is 18.2 Å². The van der Waals surface area contributed by atoms with Crippen LogP contribution in [0.2, 0.25) is 0 Å². The maximum absolute atomic E-state index is 8.87. The zero-order valence-corrected chi connectivity index (χ0v) is 11.2. The molecule has 1 heterocycles. The number of furan rings is 1. The molecule has 0 amide bonds. The van der Waals surface area contributed by atoms with Gasteiger partial charge in [-0.2, -0.15) is 5.26 Å². The van der Waals surface area contributed by atoms with E-state index in [2.05, 4.69) is 11.0 Å². The third kappa shape index (κ3) is 2.62. The molecule has 0 unspecified atom stereocenters. The molecule has 2 N–H and O–H groups in total. The normalized spacial score (nSPS) is 13.9. The van der Waals surface area contributed by atoms with Gasteiger partial charge in [-0.05, 0) is 48.7 Å². The lowest BCUT2D eigenvalue weighted by molar-refractivity contribution is 0.501. The van der Waals surface area contributed by atoms with Crippen molar-refractivity contribution in [1.29, 1.82) is 5.26 Å². The van der Waals surface area contributed by atoms with Gasteiger partial charge in [0.1, 0.15) is 5.76 Å². The van der Waals surface area contributed by atoms with E-state index in [1.807, 2.05) is 30.3 Å². The summed E-state index contributed by atoms with van der Waals surface area (Å²) in [5, 5.41) is 8.87. The lowest BCUT2D eigenvalue weighted by Crippen LogP contribution is -2.24. The molecule has 0 atom stereocenters. The molecule has 0 saturated heterocycles. The van der Waals surface area contributed by atoms with Crippen LogP contribution in [0.25, 0.3) is 0 Å². The molecule has 102 valence electrons. The summed E-state index contributed by atoms with van der Waals surface area (Å²) in [4.78, 5) is 2.33. The van der Waals surface area contributed by atoms with Crippen LogP contribution < -0.4 is 10.6 Å². The quantitative estimate of drug-likeness (QED) is 0.845. The predicted molar refractivity (Wildman–Crippen MR) is 78.1 cm³/mol. The molecule has 1 fully saturated rings. The summed E-state index contributed by atoms with van der Waals surface area (Å²) in [6, 6.07) is 12.6. The van der Waals surface area contributed by atoms with Crippen LogP contribution in [-0.2, 0) is 13.0 Å². The van der Waals surface area contributed by atoms with Gasteiger partial charge in [-0.25, -0.2) is 0 Å². The Morgan fingerprint density at radius 2 is 2.20 bits per heavy atom. The standard InChI is InChI=1S/C16H17N3O/c17-8-7-12-10-14(5-6-16(12)18)19(13-3-4-13)11-15-2-1-9-20-15/h1-2,5-6,9-10,13H,3-4,7,11,18H2. The van der Waals surface area contributed by atoms with Crippen LogP contribution in [0.5, 0.6) is 0 Å². The molecule has 4 nitrogen and oxygen atoms in total. The molecule has 20 heavy (non-hydrogen) atoms. The first-order valence-electron chi connectivity index (χ1n) is 6.82. The third-order valence-electron chi connectivity index (χ3n) is 3.62. The highest BCUT2D eigenvalue weighted by molar-refractivity contribution is 5.60. The molecular weight excluding hydrogens is 250 g/mol. The number of nitrogens with zero attached hydrogens (tertiary/aromatic N) is 2. The second-order valence-corrected chi connectivity index (χ2v) is 5.16. The molecule has 2 aromatic rings. The van der Waals surface area contributed by atoms with Crippen molar-refractivity contribution >= 4 is 11.4 Å². The minimum Gasteiger partial charge on any atom is -0.467 e. The van der Waals surface area contributed by atoms with Gasteiger partial charge in [0.25, 0.3) is 0 Å². The van der Waals surface area contributed by atoms with Crippen molar-refractivity contribution in [3.8, 4) is 6.07 Å². The van der Waals surface area contributed by atoms with Crippen LogP contribution in [0.1, 0.15) is 24.2 Å². The fourth-order valence-corrected chi connectivity index (χ4v) is 2.40. The molecule has 0 bridgehead atoms. The fourth-order valence-electron chi connectivity index (χ4n) is 2.40. The Hall–Kier alpha value is -2.41. The van der Waals surface area contributed by atoms with Crippen LogP contribution in [0.3, 0.4) is 0 Å². The summed E-state index contributed by atoms with van der Waals surface area (Å²) in [5.74, 6) is 0.954. The molecule has 3 rings (SSSR count). The third-order valence-corrected chi connectivity index (χ3v) is 3.62. The number of nitriles is 1. The van der Waals surface area contributed by atoms with Gasteiger partial charge >= 0.3 is 0 Å². The Morgan fingerprint density at radius 3 is 2.85 bits per heavy atom. The van der Waals surface area contributed by atoms with Crippen LogP contribution in [0, 0.1) is 11.3 Å². The van der Waals surface area contributed by atoms with E-state index in [9.17, 15) is 0 Å². The van der Waals surface area contributed by atoms with Crippen molar-refractivity contribution in [2.24, 2.45) is 0 Å². The number of hydrogen-bond acceptors (Lipinski definition) is 4. The lowest BCUT2D eigenvalue weighted by Gasteiger charge is -2.24. The van der Waals surface area contributed by atoms with E-state index in [4.69, 9.17) is 15.4 Å². The van der Waals surface area contributed by atoms with Crippen molar-refractivity contribution in [3.05, 3.63) is 47.9 Å². The average Bonchev–Trinajstić information content (AvgIpc) is 3.16. The maximum atomic E-state index is 8.87. The minimum atomic E-state index is 0.346. The smallest absolute Gasteiger partial charge is 0.123 e. The molecule has 0 radical (unpaired) electrons. The Labute approximate surface area is 118 Å². The topological polar surface area (TPSA) is 66.2 Å². The van der Waals surface area contributed by atoms with Gasteiger partial charge in [-0.3, -0.25) is 0 Å². The second-order valence-electron chi connectivity index (χ2n) is 5.16. The number of nitrogen functional groups attached to an aromatic ring is 1. The molecule has 1 aromatic carbocycles. The molecular formula is C16H17N3O. The van der Waals surface area contributed by atoms with Crippen molar-refractivity contribution in [2.45, 2.75) is 31.8 Å². The highest BCUT2D eigenvalue weighted by Crippen LogP contribution is 2.34. The second kappa shape index (κ2) is 5.30. The first-order chi connectivity index (χ1) is 9.78. The first kappa shape index (κ1) is 12.6. The summed E-state index contributed by atoms with van der Waals surface area (Å²) in [5.41, 5.74) is 8.61. The summed E-state index contributed by atoms with van der Waals surface area (Å²) < 4.78 is 5.45. The van der Waals surface area contributed by atoms with E-state index in [1.165, 1.54) is 12.8 Å². The molecule has 1 aliphatic carbocycles. The van der Waals surface area contributed by atoms with Gasteiger partial charge in [0, 0.05) is 17.4 Å². The van der Waals surface area contributed by atoms with E-state index in [0.717, 1.165) is 23.6 Å². The van der Waals surface area contributed by atoms with Crippen LogP contribution in [0.15, 0.2) is 41.0 Å². The Balaban J connectivity index is 1.87. The number of benzene rings is 1. The van der Waals surface area contributed by atoms with Gasteiger partial charge in [0.2, 0.25) is 0 Å². The molecule has 4 heteroatoms.